The summed E-state index contributed by atoms with van der Waals surface area (Å²) in [5.41, 5.74) is 2.83. The number of hydrogen-bond donors (Lipinski definition) is 1. The zero-order valence-electron chi connectivity index (χ0n) is 17.9. The van der Waals surface area contributed by atoms with Gasteiger partial charge in [0.1, 0.15) is 12.7 Å². The molecule has 0 radical (unpaired) electrons. The zero-order chi connectivity index (χ0) is 22.3. The van der Waals surface area contributed by atoms with Crippen LogP contribution in [0.2, 0.25) is 0 Å². The van der Waals surface area contributed by atoms with Crippen molar-refractivity contribution in [1.82, 2.24) is 9.88 Å². The lowest BCUT2D eigenvalue weighted by Gasteiger charge is -2.26. The summed E-state index contributed by atoms with van der Waals surface area (Å²) in [7, 11) is 0. The van der Waals surface area contributed by atoms with Crippen LogP contribution in [0.5, 0.6) is 17.4 Å². The molecule has 1 aliphatic heterocycles. The molecule has 7 heteroatoms. The predicted octanol–water partition coefficient (Wildman–Crippen LogP) is 3.13. The van der Waals surface area contributed by atoms with E-state index in [0.717, 1.165) is 16.7 Å². The summed E-state index contributed by atoms with van der Waals surface area (Å²) < 4.78 is 16.4. The predicted molar refractivity (Wildman–Crippen MR) is 119 cm³/mol. The third kappa shape index (κ3) is 5.76. The molecule has 0 spiro atoms. The Morgan fingerprint density at radius 2 is 1.91 bits per heavy atom. The van der Waals surface area contributed by atoms with Gasteiger partial charge in [0.05, 0.1) is 13.0 Å². The van der Waals surface area contributed by atoms with Crippen molar-refractivity contribution in [2.45, 2.75) is 26.0 Å². The number of carbonyl (C=O) groups excluding carboxylic acids is 1. The van der Waals surface area contributed by atoms with E-state index < -0.39 is 6.10 Å². The number of aliphatic hydroxyl groups is 1. The van der Waals surface area contributed by atoms with Gasteiger partial charge in [-0.05, 0) is 41.8 Å². The largest absolute Gasteiger partial charge is 0.475 e. The van der Waals surface area contributed by atoms with E-state index in [1.807, 2.05) is 61.5 Å². The molecule has 32 heavy (non-hydrogen) atoms. The monoisotopic (exact) mass is 434 g/mol. The fourth-order valence-electron chi connectivity index (χ4n) is 3.47. The molecule has 7 nitrogen and oxygen atoms in total. The van der Waals surface area contributed by atoms with Crippen molar-refractivity contribution in [2.75, 3.05) is 19.9 Å². The maximum absolute atomic E-state index is 13.2. The van der Waals surface area contributed by atoms with Gasteiger partial charge in [0.15, 0.2) is 11.5 Å². The quantitative estimate of drug-likeness (QED) is 0.557. The Hall–Kier alpha value is -3.58. The number of ether oxygens (including phenoxy) is 3. The lowest BCUT2D eigenvalue weighted by Crippen LogP contribution is -2.40. The summed E-state index contributed by atoms with van der Waals surface area (Å²) in [6, 6.07) is 18.9. The molecule has 1 aromatic heterocycles. The zero-order valence-corrected chi connectivity index (χ0v) is 17.9. The summed E-state index contributed by atoms with van der Waals surface area (Å²) in [4.78, 5) is 19.0. The average Bonchev–Trinajstić information content (AvgIpc) is 3.26. The van der Waals surface area contributed by atoms with Crippen LogP contribution in [-0.4, -0.2) is 46.9 Å². The molecule has 0 bridgehead atoms. The van der Waals surface area contributed by atoms with E-state index in [2.05, 4.69) is 4.98 Å². The number of rotatable bonds is 9. The van der Waals surface area contributed by atoms with Crippen molar-refractivity contribution in [3.63, 3.8) is 0 Å². The van der Waals surface area contributed by atoms with Gasteiger partial charge >= 0.3 is 0 Å². The Morgan fingerprint density at radius 1 is 1.09 bits per heavy atom. The van der Waals surface area contributed by atoms with Crippen LogP contribution in [0.4, 0.5) is 0 Å². The van der Waals surface area contributed by atoms with Crippen LogP contribution < -0.4 is 14.2 Å². The molecule has 0 saturated carbocycles. The number of carbonyl (C=O) groups is 1. The minimum Gasteiger partial charge on any atom is -0.475 e. The molecule has 2 aromatic carbocycles. The van der Waals surface area contributed by atoms with Crippen molar-refractivity contribution >= 4 is 5.91 Å². The number of pyridine rings is 1. The average molecular weight is 434 g/mol. The Morgan fingerprint density at radius 3 is 2.72 bits per heavy atom. The lowest BCUT2D eigenvalue weighted by molar-refractivity contribution is -0.132. The number of aryl methyl sites for hydroxylation is 1. The van der Waals surface area contributed by atoms with Gasteiger partial charge in [-0.1, -0.05) is 36.4 Å². The third-order valence-electron chi connectivity index (χ3n) is 5.11. The maximum Gasteiger partial charge on any atom is 0.231 e. The van der Waals surface area contributed by atoms with E-state index in [-0.39, 0.29) is 32.3 Å². The third-order valence-corrected chi connectivity index (χ3v) is 5.11. The topological polar surface area (TPSA) is 81.1 Å². The van der Waals surface area contributed by atoms with Crippen molar-refractivity contribution in [1.29, 1.82) is 0 Å². The molecule has 166 valence electrons. The standard InChI is InChI=1S/C25H26N2O5/c1-18-9-10-26-24(11-18)30-16-21(28)15-27(14-19-5-3-2-4-6-19)25(29)13-20-7-8-22-23(12-20)32-17-31-22/h2-12,21,28H,13-17H2,1H3. The highest BCUT2D eigenvalue weighted by Gasteiger charge is 2.21. The Labute approximate surface area is 187 Å². The highest BCUT2D eigenvalue weighted by atomic mass is 16.7. The summed E-state index contributed by atoms with van der Waals surface area (Å²) in [6.07, 6.45) is 0.992. The van der Waals surface area contributed by atoms with E-state index in [9.17, 15) is 9.90 Å². The Kier molecular flexibility index (Phi) is 6.87. The molecular weight excluding hydrogens is 408 g/mol. The molecule has 1 unspecified atom stereocenters. The molecule has 0 fully saturated rings. The van der Waals surface area contributed by atoms with Crippen LogP contribution >= 0.6 is 0 Å². The summed E-state index contributed by atoms with van der Waals surface area (Å²) in [5.74, 6) is 1.68. The number of hydrogen-bond acceptors (Lipinski definition) is 6. The Balaban J connectivity index is 1.42. The molecule has 0 aliphatic carbocycles. The lowest BCUT2D eigenvalue weighted by atomic mass is 10.1. The van der Waals surface area contributed by atoms with Crippen molar-refractivity contribution < 1.29 is 24.1 Å². The minimum absolute atomic E-state index is 0.0407. The van der Waals surface area contributed by atoms with Crippen LogP contribution in [0.25, 0.3) is 0 Å². The van der Waals surface area contributed by atoms with Gasteiger partial charge < -0.3 is 24.2 Å². The van der Waals surface area contributed by atoms with Crippen molar-refractivity contribution in [3.8, 4) is 17.4 Å². The SMILES string of the molecule is Cc1ccnc(OCC(O)CN(Cc2ccccc2)C(=O)Cc2ccc3c(c2)OCO3)c1. The highest BCUT2D eigenvalue weighted by Crippen LogP contribution is 2.32. The molecule has 1 amide bonds. The van der Waals surface area contributed by atoms with Gasteiger partial charge in [-0.15, -0.1) is 0 Å². The molecule has 0 saturated heterocycles. The second kappa shape index (κ2) is 10.2. The van der Waals surface area contributed by atoms with Gasteiger partial charge in [0.2, 0.25) is 18.6 Å². The van der Waals surface area contributed by atoms with Gasteiger partial charge in [0, 0.05) is 18.8 Å². The van der Waals surface area contributed by atoms with E-state index in [1.165, 1.54) is 0 Å². The first kappa shape index (κ1) is 21.6. The normalized spacial score (nSPS) is 12.9. The van der Waals surface area contributed by atoms with Crippen LogP contribution in [0.3, 0.4) is 0 Å². The second-order valence-electron chi connectivity index (χ2n) is 7.76. The fourth-order valence-corrected chi connectivity index (χ4v) is 3.47. The van der Waals surface area contributed by atoms with Crippen molar-refractivity contribution in [2.24, 2.45) is 0 Å². The maximum atomic E-state index is 13.2. The molecule has 1 N–H and O–H groups in total. The smallest absolute Gasteiger partial charge is 0.231 e. The molecule has 1 atom stereocenters. The summed E-state index contributed by atoms with van der Waals surface area (Å²) in [6.45, 7) is 2.71. The van der Waals surface area contributed by atoms with E-state index in [1.54, 1.807) is 17.2 Å². The first-order chi connectivity index (χ1) is 15.6. The van der Waals surface area contributed by atoms with Gasteiger partial charge in [-0.2, -0.15) is 0 Å². The van der Waals surface area contributed by atoms with Crippen LogP contribution in [0.15, 0.2) is 66.9 Å². The number of benzene rings is 2. The number of aliphatic hydroxyl groups excluding tert-OH is 1. The molecular formula is C25H26N2O5. The molecule has 4 rings (SSSR count). The summed E-state index contributed by atoms with van der Waals surface area (Å²) >= 11 is 0. The number of nitrogens with zero attached hydrogens (tertiary/aromatic N) is 2. The van der Waals surface area contributed by atoms with Gasteiger partial charge in [-0.25, -0.2) is 4.98 Å². The molecule has 1 aliphatic rings. The first-order valence-electron chi connectivity index (χ1n) is 10.5. The first-order valence-corrected chi connectivity index (χ1v) is 10.5. The van der Waals surface area contributed by atoms with Crippen molar-refractivity contribution in [3.05, 3.63) is 83.6 Å². The van der Waals surface area contributed by atoms with Crippen LogP contribution in [0.1, 0.15) is 16.7 Å². The van der Waals surface area contributed by atoms with Crippen LogP contribution in [-0.2, 0) is 17.8 Å². The van der Waals surface area contributed by atoms with E-state index >= 15 is 0 Å². The highest BCUT2D eigenvalue weighted by molar-refractivity contribution is 5.79. The van der Waals surface area contributed by atoms with Gasteiger partial charge in [-0.3, -0.25) is 4.79 Å². The number of fused-ring (bicyclic) bond motifs is 1. The van der Waals surface area contributed by atoms with Crippen LogP contribution in [0, 0.1) is 6.92 Å². The van der Waals surface area contributed by atoms with E-state index in [4.69, 9.17) is 14.2 Å². The number of aromatic nitrogens is 1. The minimum atomic E-state index is -0.860. The van der Waals surface area contributed by atoms with E-state index in [0.29, 0.717) is 23.9 Å². The summed E-state index contributed by atoms with van der Waals surface area (Å²) in [5, 5.41) is 10.6. The van der Waals surface area contributed by atoms with Gasteiger partial charge in [0.25, 0.3) is 0 Å². The molecule has 2 heterocycles. The molecule has 3 aromatic rings. The fraction of sp³-hybridized carbons (Fsp3) is 0.280. The Bertz CT molecular complexity index is 1060. The number of amides is 1. The second-order valence-corrected chi connectivity index (χ2v) is 7.76.